The largest absolute Gasteiger partial charge is 0.459 e. The number of carbonyl (C=O) groups is 1. The van der Waals surface area contributed by atoms with Gasteiger partial charge in [-0.05, 0) is 49.6 Å². The van der Waals surface area contributed by atoms with Gasteiger partial charge in [-0.1, -0.05) is 12.8 Å². The highest BCUT2D eigenvalue weighted by Gasteiger charge is 2.27. The van der Waals surface area contributed by atoms with Crippen LogP contribution in [0.2, 0.25) is 0 Å². The summed E-state index contributed by atoms with van der Waals surface area (Å²) in [7, 11) is 0. The van der Waals surface area contributed by atoms with E-state index in [1.54, 1.807) is 12.4 Å². The minimum absolute atomic E-state index is 0.133. The molecule has 0 saturated carbocycles. The first-order valence-corrected chi connectivity index (χ1v) is 10.3. The zero-order valence-electron chi connectivity index (χ0n) is 15.4. The van der Waals surface area contributed by atoms with Crippen LogP contribution in [0, 0.1) is 6.92 Å². The third-order valence-corrected chi connectivity index (χ3v) is 5.90. The number of likely N-dealkylation sites (tertiary alicyclic amines) is 1. The normalized spacial score (nSPS) is 17.7. The van der Waals surface area contributed by atoms with Crippen molar-refractivity contribution in [3.63, 3.8) is 0 Å². The van der Waals surface area contributed by atoms with Crippen LogP contribution < -0.4 is 0 Å². The second-order valence-electron chi connectivity index (χ2n) is 6.96. The fraction of sp³-hybridized carbons (Fsp3) is 0.381. The first-order valence-electron chi connectivity index (χ1n) is 9.41. The Hall–Kier alpha value is -2.47. The summed E-state index contributed by atoms with van der Waals surface area (Å²) in [6, 6.07) is 8.04. The van der Waals surface area contributed by atoms with Crippen LogP contribution in [0.3, 0.4) is 0 Å². The molecule has 3 aromatic heterocycles. The number of rotatable bonds is 4. The molecule has 0 spiro atoms. The number of thiazole rings is 1. The lowest BCUT2D eigenvalue weighted by Gasteiger charge is -2.30. The maximum Gasteiger partial charge on any atom is 0.229 e. The van der Waals surface area contributed by atoms with E-state index in [1.807, 2.05) is 41.5 Å². The lowest BCUT2D eigenvalue weighted by Crippen LogP contribution is -2.36. The third-order valence-electron chi connectivity index (χ3n) is 5.00. The maximum absolute atomic E-state index is 13.1. The summed E-state index contributed by atoms with van der Waals surface area (Å²) in [5.41, 5.74) is 1.98. The molecule has 0 radical (unpaired) electrons. The molecular weight excluding hydrogens is 358 g/mol. The van der Waals surface area contributed by atoms with E-state index in [-0.39, 0.29) is 11.9 Å². The zero-order valence-corrected chi connectivity index (χ0v) is 16.2. The van der Waals surface area contributed by atoms with Crippen LogP contribution in [0.1, 0.15) is 48.7 Å². The number of hydrogen-bond donors (Lipinski definition) is 0. The number of aryl methyl sites for hydroxylation is 1. The van der Waals surface area contributed by atoms with Crippen molar-refractivity contribution >= 4 is 17.2 Å². The Kier molecular flexibility index (Phi) is 5.34. The summed E-state index contributed by atoms with van der Waals surface area (Å²) < 4.78 is 5.64. The van der Waals surface area contributed by atoms with E-state index in [2.05, 4.69) is 9.97 Å². The van der Waals surface area contributed by atoms with Gasteiger partial charge in [-0.2, -0.15) is 0 Å². The number of hydrogen-bond acceptors (Lipinski definition) is 5. The summed E-state index contributed by atoms with van der Waals surface area (Å²) in [5, 5.41) is 2.79. The molecular formula is C21H23N3O2S. The SMILES string of the molecule is Cc1ccc(-c2nc(CC(=O)N3CCCCCC3c3ccncc3)cs2)o1. The lowest BCUT2D eigenvalue weighted by atomic mass is 10.0. The van der Waals surface area contributed by atoms with Crippen molar-refractivity contribution in [2.45, 2.75) is 45.1 Å². The molecule has 1 amide bonds. The number of furan rings is 1. The molecule has 1 aliphatic heterocycles. The second kappa shape index (κ2) is 8.05. The summed E-state index contributed by atoms with van der Waals surface area (Å²) >= 11 is 1.52. The predicted octanol–water partition coefficient (Wildman–Crippen LogP) is 4.79. The van der Waals surface area contributed by atoms with Crippen LogP contribution >= 0.6 is 11.3 Å². The van der Waals surface area contributed by atoms with Gasteiger partial charge >= 0.3 is 0 Å². The van der Waals surface area contributed by atoms with Gasteiger partial charge in [0.15, 0.2) is 10.8 Å². The van der Waals surface area contributed by atoms with Crippen molar-refractivity contribution in [2.75, 3.05) is 6.54 Å². The van der Waals surface area contributed by atoms with E-state index >= 15 is 0 Å². The number of pyridine rings is 1. The van der Waals surface area contributed by atoms with Gasteiger partial charge in [-0.25, -0.2) is 4.98 Å². The molecule has 0 aliphatic carbocycles. The summed E-state index contributed by atoms with van der Waals surface area (Å²) in [4.78, 5) is 23.9. The molecule has 6 heteroatoms. The van der Waals surface area contributed by atoms with E-state index in [0.717, 1.165) is 48.0 Å². The van der Waals surface area contributed by atoms with Crippen molar-refractivity contribution in [2.24, 2.45) is 0 Å². The van der Waals surface area contributed by atoms with Crippen LogP contribution in [-0.4, -0.2) is 27.3 Å². The van der Waals surface area contributed by atoms with E-state index in [0.29, 0.717) is 6.42 Å². The summed E-state index contributed by atoms with van der Waals surface area (Å²) in [6.07, 6.45) is 8.32. The lowest BCUT2D eigenvalue weighted by molar-refractivity contribution is -0.133. The van der Waals surface area contributed by atoms with Gasteiger partial charge in [-0.3, -0.25) is 9.78 Å². The molecule has 1 aliphatic rings. The standard InChI is InChI=1S/C21H23N3O2S/c1-15-6-7-19(26-15)21-23-17(14-27-21)13-20(25)24-12-4-2-3-5-18(24)16-8-10-22-11-9-16/h6-11,14,18H,2-5,12-13H2,1H3. The molecule has 1 atom stereocenters. The van der Waals surface area contributed by atoms with Gasteiger partial charge < -0.3 is 9.32 Å². The van der Waals surface area contributed by atoms with Crippen molar-refractivity contribution in [1.82, 2.24) is 14.9 Å². The number of aromatic nitrogens is 2. The fourth-order valence-electron chi connectivity index (χ4n) is 3.65. The van der Waals surface area contributed by atoms with Crippen LogP contribution in [-0.2, 0) is 11.2 Å². The zero-order chi connectivity index (χ0) is 18.6. The first kappa shape index (κ1) is 17.9. The van der Waals surface area contributed by atoms with E-state index in [1.165, 1.54) is 23.3 Å². The monoisotopic (exact) mass is 381 g/mol. The fourth-order valence-corrected chi connectivity index (χ4v) is 4.43. The minimum atomic E-state index is 0.133. The first-order chi connectivity index (χ1) is 13.2. The molecule has 5 nitrogen and oxygen atoms in total. The Morgan fingerprint density at radius 2 is 2.07 bits per heavy atom. The minimum Gasteiger partial charge on any atom is -0.459 e. The van der Waals surface area contributed by atoms with Crippen LogP contribution in [0.4, 0.5) is 0 Å². The van der Waals surface area contributed by atoms with Gasteiger partial charge in [0.05, 0.1) is 18.2 Å². The molecule has 0 bridgehead atoms. The van der Waals surface area contributed by atoms with Crippen molar-refractivity contribution in [3.05, 3.63) is 59.1 Å². The van der Waals surface area contributed by atoms with Gasteiger partial charge in [0.25, 0.3) is 0 Å². The molecule has 4 heterocycles. The van der Waals surface area contributed by atoms with Gasteiger partial charge in [-0.15, -0.1) is 11.3 Å². The van der Waals surface area contributed by atoms with E-state index < -0.39 is 0 Å². The summed E-state index contributed by atoms with van der Waals surface area (Å²) in [5.74, 6) is 1.77. The average Bonchev–Trinajstić information content (AvgIpc) is 3.24. The molecule has 4 rings (SSSR count). The highest BCUT2D eigenvalue weighted by Crippen LogP contribution is 2.31. The molecule has 3 aromatic rings. The Morgan fingerprint density at radius 3 is 2.85 bits per heavy atom. The molecule has 0 N–H and O–H groups in total. The number of amides is 1. The Bertz CT molecular complexity index is 903. The second-order valence-corrected chi connectivity index (χ2v) is 7.82. The molecule has 27 heavy (non-hydrogen) atoms. The van der Waals surface area contributed by atoms with Crippen molar-refractivity contribution in [1.29, 1.82) is 0 Å². The summed E-state index contributed by atoms with van der Waals surface area (Å²) in [6.45, 7) is 2.72. The van der Waals surface area contributed by atoms with Crippen molar-refractivity contribution < 1.29 is 9.21 Å². The van der Waals surface area contributed by atoms with Crippen LogP contribution in [0.25, 0.3) is 10.8 Å². The Morgan fingerprint density at radius 1 is 1.22 bits per heavy atom. The van der Waals surface area contributed by atoms with E-state index in [4.69, 9.17) is 4.42 Å². The molecule has 0 aromatic carbocycles. The third kappa shape index (κ3) is 4.11. The van der Waals surface area contributed by atoms with Crippen LogP contribution in [0.5, 0.6) is 0 Å². The Balaban J connectivity index is 1.51. The van der Waals surface area contributed by atoms with Gasteiger partial charge in [0.1, 0.15) is 5.76 Å². The average molecular weight is 382 g/mol. The van der Waals surface area contributed by atoms with Crippen molar-refractivity contribution in [3.8, 4) is 10.8 Å². The predicted molar refractivity (Wildman–Crippen MR) is 105 cm³/mol. The van der Waals surface area contributed by atoms with Gasteiger partial charge in [0, 0.05) is 24.3 Å². The molecule has 1 saturated heterocycles. The highest BCUT2D eigenvalue weighted by molar-refractivity contribution is 7.13. The number of nitrogens with zero attached hydrogens (tertiary/aromatic N) is 3. The molecule has 140 valence electrons. The smallest absolute Gasteiger partial charge is 0.229 e. The van der Waals surface area contributed by atoms with Gasteiger partial charge in [0.2, 0.25) is 5.91 Å². The molecule has 1 unspecified atom stereocenters. The topological polar surface area (TPSA) is 59.2 Å². The maximum atomic E-state index is 13.1. The quantitative estimate of drug-likeness (QED) is 0.652. The highest BCUT2D eigenvalue weighted by atomic mass is 32.1. The van der Waals surface area contributed by atoms with E-state index in [9.17, 15) is 4.79 Å². The van der Waals surface area contributed by atoms with Crippen LogP contribution in [0.15, 0.2) is 46.5 Å². The molecule has 1 fully saturated rings. The Labute approximate surface area is 163 Å². The number of carbonyl (C=O) groups excluding carboxylic acids is 1.